The Balaban J connectivity index is 3.75. The lowest BCUT2D eigenvalue weighted by Crippen LogP contribution is -2.26. The van der Waals surface area contributed by atoms with Crippen molar-refractivity contribution >= 4 is 18.5 Å². The van der Waals surface area contributed by atoms with Crippen molar-refractivity contribution in [3.8, 4) is 0 Å². The monoisotopic (exact) mass is 392 g/mol. The van der Waals surface area contributed by atoms with Gasteiger partial charge in [-0.15, -0.1) is 10.1 Å². The Morgan fingerprint density at radius 3 is 2.52 bits per heavy atom. The third-order valence-electron chi connectivity index (χ3n) is 3.34. The Kier molecular flexibility index (Phi) is 15.2. The Labute approximate surface area is 157 Å². The first-order valence-corrected chi connectivity index (χ1v) is 8.92. The van der Waals surface area contributed by atoms with E-state index in [1.54, 1.807) is 0 Å². The minimum absolute atomic E-state index is 0.00411. The normalized spacial score (nSPS) is 11.1. The van der Waals surface area contributed by atoms with Crippen LogP contribution in [0.15, 0.2) is 0 Å². The second-order valence-corrected chi connectivity index (χ2v) is 5.60. The summed E-state index contributed by atoms with van der Waals surface area (Å²) in [6.07, 6.45) is 2.44. The van der Waals surface area contributed by atoms with Gasteiger partial charge in [-0.05, 0) is 25.7 Å². The maximum atomic E-state index is 11.6. The highest BCUT2D eigenvalue weighted by molar-refractivity contribution is 5.70. The molecule has 0 aromatic carbocycles. The summed E-state index contributed by atoms with van der Waals surface area (Å²) in [5, 5.41) is 11.5. The molecule has 0 spiro atoms. The van der Waals surface area contributed by atoms with Gasteiger partial charge in [0.25, 0.3) is 11.6 Å². The lowest BCUT2D eigenvalue weighted by atomic mass is 10.1. The number of carbonyl (C=O) groups excluding carboxylic acids is 3. The molecule has 0 aromatic heterocycles. The molecular formula is C16H28N2O9. The van der Waals surface area contributed by atoms with Gasteiger partial charge in [-0.3, -0.25) is 9.59 Å². The summed E-state index contributed by atoms with van der Waals surface area (Å²) in [6.45, 7) is 2.86. The molecule has 156 valence electrons. The van der Waals surface area contributed by atoms with Crippen LogP contribution in [0.25, 0.3) is 0 Å². The van der Waals surface area contributed by atoms with Gasteiger partial charge in [-0.25, -0.2) is 4.79 Å². The number of nitrogens with zero attached hydrogens (tertiary/aromatic N) is 1. The van der Waals surface area contributed by atoms with Gasteiger partial charge < -0.3 is 24.4 Å². The molecule has 0 fully saturated rings. The molecule has 0 heterocycles. The summed E-state index contributed by atoms with van der Waals surface area (Å²) in [6, 6.07) is 0. The number of unbranched alkanes of at least 4 members (excludes halogenated alkanes) is 2. The van der Waals surface area contributed by atoms with Crippen molar-refractivity contribution in [2.45, 2.75) is 58.0 Å². The van der Waals surface area contributed by atoms with Crippen LogP contribution in [0.2, 0.25) is 0 Å². The molecule has 1 unspecified atom stereocenters. The van der Waals surface area contributed by atoms with E-state index >= 15 is 0 Å². The van der Waals surface area contributed by atoms with Crippen molar-refractivity contribution in [3.05, 3.63) is 10.1 Å². The number of ether oxygens (including phenoxy) is 3. The molecule has 1 atom stereocenters. The van der Waals surface area contributed by atoms with Gasteiger partial charge >= 0.3 is 12.1 Å². The number of amides is 1. The maximum Gasteiger partial charge on any atom is 0.407 e. The Morgan fingerprint density at radius 1 is 1.11 bits per heavy atom. The fourth-order valence-electron chi connectivity index (χ4n) is 1.97. The van der Waals surface area contributed by atoms with E-state index in [1.807, 2.05) is 6.92 Å². The topological polar surface area (TPSA) is 143 Å². The van der Waals surface area contributed by atoms with Crippen LogP contribution in [0.1, 0.15) is 51.9 Å². The number of esters is 1. The SMILES string of the molecule is CCCCOC(=O)CC(CCCCNC(=O)OCCCO[N+](=O)[O-])OC=O. The third kappa shape index (κ3) is 16.6. The zero-order chi connectivity index (χ0) is 20.3. The number of carbonyl (C=O) groups is 3. The summed E-state index contributed by atoms with van der Waals surface area (Å²) in [5.74, 6) is -0.405. The summed E-state index contributed by atoms with van der Waals surface area (Å²) >= 11 is 0. The van der Waals surface area contributed by atoms with Crippen LogP contribution >= 0.6 is 0 Å². The van der Waals surface area contributed by atoms with Crippen LogP contribution in [0.4, 0.5) is 4.79 Å². The minimum atomic E-state index is -0.910. The molecule has 0 aromatic rings. The minimum Gasteiger partial charge on any atom is -0.466 e. The fourth-order valence-corrected chi connectivity index (χ4v) is 1.97. The zero-order valence-electron chi connectivity index (χ0n) is 15.6. The van der Waals surface area contributed by atoms with Crippen molar-refractivity contribution in [2.24, 2.45) is 0 Å². The van der Waals surface area contributed by atoms with E-state index in [0.717, 1.165) is 12.8 Å². The van der Waals surface area contributed by atoms with Crippen LogP contribution in [0.3, 0.4) is 0 Å². The largest absolute Gasteiger partial charge is 0.466 e. The van der Waals surface area contributed by atoms with Crippen molar-refractivity contribution in [1.29, 1.82) is 0 Å². The molecule has 0 aliphatic rings. The molecule has 0 saturated carbocycles. The predicted molar refractivity (Wildman–Crippen MR) is 92.2 cm³/mol. The quantitative estimate of drug-likeness (QED) is 0.0977. The first-order chi connectivity index (χ1) is 13.0. The summed E-state index contributed by atoms with van der Waals surface area (Å²) < 4.78 is 14.7. The molecule has 0 rings (SSSR count). The number of hydrogen-bond donors (Lipinski definition) is 1. The lowest BCUT2D eigenvalue weighted by Gasteiger charge is -2.14. The van der Waals surface area contributed by atoms with E-state index in [2.05, 4.69) is 10.2 Å². The smallest absolute Gasteiger partial charge is 0.407 e. The highest BCUT2D eigenvalue weighted by Gasteiger charge is 2.15. The third-order valence-corrected chi connectivity index (χ3v) is 3.34. The Hall–Kier alpha value is -2.59. The van der Waals surface area contributed by atoms with Crippen molar-refractivity contribution in [2.75, 3.05) is 26.4 Å². The zero-order valence-corrected chi connectivity index (χ0v) is 15.6. The predicted octanol–water partition coefficient (Wildman–Crippen LogP) is 1.76. The van der Waals surface area contributed by atoms with E-state index < -0.39 is 23.3 Å². The molecule has 0 bridgehead atoms. The summed E-state index contributed by atoms with van der Waals surface area (Å²) in [4.78, 5) is 47.5. The highest BCUT2D eigenvalue weighted by atomic mass is 16.9. The van der Waals surface area contributed by atoms with Gasteiger partial charge in [-0.1, -0.05) is 13.3 Å². The van der Waals surface area contributed by atoms with E-state index in [4.69, 9.17) is 14.2 Å². The number of rotatable bonds is 17. The van der Waals surface area contributed by atoms with Crippen LogP contribution in [-0.2, 0) is 28.6 Å². The molecule has 1 N–H and O–H groups in total. The highest BCUT2D eigenvalue weighted by Crippen LogP contribution is 2.09. The fraction of sp³-hybridized carbons (Fsp3) is 0.812. The van der Waals surface area contributed by atoms with Gasteiger partial charge in [0, 0.05) is 13.0 Å². The standard InChI is InChI=1S/C16H28N2O9/c1-2-3-9-24-15(20)12-14(26-13-19)7-4-5-8-17-16(21)25-10-6-11-27-18(22)23/h13-14H,2-12H2,1H3,(H,17,21). The molecule has 0 aliphatic heterocycles. The van der Waals surface area contributed by atoms with Crippen LogP contribution in [-0.4, -0.2) is 56.1 Å². The second-order valence-electron chi connectivity index (χ2n) is 5.60. The van der Waals surface area contributed by atoms with Gasteiger partial charge in [0.15, 0.2) is 0 Å². The van der Waals surface area contributed by atoms with E-state index in [0.29, 0.717) is 38.9 Å². The molecule has 0 aliphatic carbocycles. The Morgan fingerprint density at radius 2 is 1.85 bits per heavy atom. The molecular weight excluding hydrogens is 364 g/mol. The first-order valence-electron chi connectivity index (χ1n) is 8.92. The van der Waals surface area contributed by atoms with Crippen molar-refractivity contribution < 1.29 is 38.5 Å². The molecule has 0 saturated heterocycles. The van der Waals surface area contributed by atoms with E-state index in [9.17, 15) is 24.5 Å². The maximum absolute atomic E-state index is 11.6. The van der Waals surface area contributed by atoms with E-state index in [-0.39, 0.29) is 26.1 Å². The molecule has 0 radical (unpaired) electrons. The number of nitrogens with one attached hydrogen (secondary N) is 1. The van der Waals surface area contributed by atoms with Gasteiger partial charge in [-0.2, -0.15) is 0 Å². The molecule has 27 heavy (non-hydrogen) atoms. The van der Waals surface area contributed by atoms with Crippen molar-refractivity contribution in [3.63, 3.8) is 0 Å². The van der Waals surface area contributed by atoms with E-state index in [1.165, 1.54) is 0 Å². The average Bonchev–Trinajstić information content (AvgIpc) is 2.61. The Bertz CT molecular complexity index is 446. The first kappa shape index (κ1) is 24.4. The summed E-state index contributed by atoms with van der Waals surface area (Å²) in [7, 11) is 0. The molecule has 1 amide bonds. The van der Waals surface area contributed by atoms with Gasteiger partial charge in [0.05, 0.1) is 26.2 Å². The average molecular weight is 392 g/mol. The van der Waals surface area contributed by atoms with Crippen LogP contribution < -0.4 is 5.32 Å². The number of hydrogen-bond acceptors (Lipinski definition) is 9. The van der Waals surface area contributed by atoms with Gasteiger partial charge in [0.1, 0.15) is 6.10 Å². The summed E-state index contributed by atoms with van der Waals surface area (Å²) in [5.41, 5.74) is 0. The molecule has 11 heteroatoms. The number of alkyl carbamates (subject to hydrolysis) is 1. The van der Waals surface area contributed by atoms with Crippen LogP contribution in [0, 0.1) is 10.1 Å². The lowest BCUT2D eigenvalue weighted by molar-refractivity contribution is -0.757. The van der Waals surface area contributed by atoms with Gasteiger partial charge in [0.2, 0.25) is 0 Å². The van der Waals surface area contributed by atoms with Crippen LogP contribution in [0.5, 0.6) is 0 Å². The second kappa shape index (κ2) is 16.9. The van der Waals surface area contributed by atoms with Crippen molar-refractivity contribution in [1.82, 2.24) is 5.32 Å². The molecule has 11 nitrogen and oxygen atoms in total.